The highest BCUT2D eigenvalue weighted by atomic mass is 32.1. The van der Waals surface area contributed by atoms with Crippen LogP contribution in [0.25, 0.3) is 0 Å². The first-order chi connectivity index (χ1) is 8.36. The van der Waals surface area contributed by atoms with E-state index in [0.717, 1.165) is 6.54 Å². The SMILES string of the molecule is CCCCCCCCNCc1ccc(CC)s1. The second-order valence-corrected chi connectivity index (χ2v) is 5.92. The van der Waals surface area contributed by atoms with E-state index >= 15 is 0 Å². The van der Waals surface area contributed by atoms with Crippen molar-refractivity contribution in [2.45, 2.75) is 65.3 Å². The Labute approximate surface area is 111 Å². The van der Waals surface area contributed by atoms with Crippen LogP contribution in [0.15, 0.2) is 12.1 Å². The van der Waals surface area contributed by atoms with Gasteiger partial charge >= 0.3 is 0 Å². The molecule has 1 aromatic rings. The van der Waals surface area contributed by atoms with Gasteiger partial charge in [-0.25, -0.2) is 0 Å². The Morgan fingerprint density at radius 1 is 0.941 bits per heavy atom. The van der Waals surface area contributed by atoms with Crippen molar-refractivity contribution in [2.24, 2.45) is 0 Å². The number of rotatable bonds is 10. The molecule has 0 aliphatic rings. The highest BCUT2D eigenvalue weighted by molar-refractivity contribution is 7.11. The summed E-state index contributed by atoms with van der Waals surface area (Å²) in [5.41, 5.74) is 0. The monoisotopic (exact) mass is 253 g/mol. The first-order valence-electron chi connectivity index (χ1n) is 7.15. The zero-order chi connectivity index (χ0) is 12.3. The van der Waals surface area contributed by atoms with Gasteiger partial charge in [-0.3, -0.25) is 0 Å². The van der Waals surface area contributed by atoms with Gasteiger partial charge in [0.25, 0.3) is 0 Å². The van der Waals surface area contributed by atoms with Crippen molar-refractivity contribution in [3.05, 3.63) is 21.9 Å². The lowest BCUT2D eigenvalue weighted by Crippen LogP contribution is -2.13. The topological polar surface area (TPSA) is 12.0 Å². The first kappa shape index (κ1) is 14.7. The minimum atomic E-state index is 1.06. The predicted octanol–water partition coefficient (Wildman–Crippen LogP) is 4.76. The van der Waals surface area contributed by atoms with Crippen LogP contribution >= 0.6 is 11.3 Å². The minimum absolute atomic E-state index is 1.06. The van der Waals surface area contributed by atoms with Crippen molar-refractivity contribution in [2.75, 3.05) is 6.54 Å². The highest BCUT2D eigenvalue weighted by Gasteiger charge is 1.97. The van der Waals surface area contributed by atoms with Crippen molar-refractivity contribution < 1.29 is 0 Å². The summed E-state index contributed by atoms with van der Waals surface area (Å²) in [5.74, 6) is 0. The number of unbranched alkanes of at least 4 members (excludes halogenated alkanes) is 5. The molecule has 0 bridgehead atoms. The summed E-state index contributed by atoms with van der Waals surface area (Å²) in [5, 5.41) is 3.54. The van der Waals surface area contributed by atoms with Gasteiger partial charge in [0.15, 0.2) is 0 Å². The Morgan fingerprint density at radius 2 is 1.65 bits per heavy atom. The molecule has 0 amide bonds. The fourth-order valence-corrected chi connectivity index (χ4v) is 2.88. The van der Waals surface area contributed by atoms with E-state index in [1.54, 1.807) is 0 Å². The van der Waals surface area contributed by atoms with Crippen LogP contribution in [0.5, 0.6) is 0 Å². The third-order valence-corrected chi connectivity index (χ3v) is 4.30. The smallest absolute Gasteiger partial charge is 0.0299 e. The van der Waals surface area contributed by atoms with Gasteiger partial charge in [-0.1, -0.05) is 46.0 Å². The van der Waals surface area contributed by atoms with Gasteiger partial charge in [0.1, 0.15) is 0 Å². The Morgan fingerprint density at radius 3 is 2.35 bits per heavy atom. The van der Waals surface area contributed by atoms with Gasteiger partial charge in [0, 0.05) is 16.3 Å². The Bertz CT molecular complexity index is 280. The molecule has 17 heavy (non-hydrogen) atoms. The van der Waals surface area contributed by atoms with Gasteiger partial charge in [-0.05, 0) is 31.5 Å². The van der Waals surface area contributed by atoms with Crippen LogP contribution in [-0.4, -0.2) is 6.54 Å². The van der Waals surface area contributed by atoms with E-state index < -0.39 is 0 Å². The highest BCUT2D eigenvalue weighted by Crippen LogP contribution is 2.16. The molecule has 0 radical (unpaired) electrons. The lowest BCUT2D eigenvalue weighted by molar-refractivity contribution is 0.573. The molecule has 0 saturated heterocycles. The molecule has 1 aromatic heterocycles. The molecule has 0 fully saturated rings. The van der Waals surface area contributed by atoms with Gasteiger partial charge in [-0.15, -0.1) is 11.3 Å². The second kappa shape index (κ2) is 9.67. The third-order valence-electron chi connectivity index (χ3n) is 3.07. The number of aryl methyl sites for hydroxylation is 1. The molecule has 1 heterocycles. The van der Waals surface area contributed by atoms with Crippen molar-refractivity contribution in [3.8, 4) is 0 Å². The van der Waals surface area contributed by atoms with Gasteiger partial charge in [0.2, 0.25) is 0 Å². The van der Waals surface area contributed by atoms with Crippen molar-refractivity contribution >= 4 is 11.3 Å². The summed E-state index contributed by atoms with van der Waals surface area (Å²) in [6.07, 6.45) is 9.46. The largest absolute Gasteiger partial charge is 0.312 e. The molecule has 98 valence electrons. The molecule has 1 rings (SSSR count). The van der Waals surface area contributed by atoms with E-state index in [1.165, 1.54) is 61.2 Å². The number of hydrogen-bond acceptors (Lipinski definition) is 2. The summed E-state index contributed by atoms with van der Waals surface area (Å²) in [4.78, 5) is 2.98. The van der Waals surface area contributed by atoms with Crippen LogP contribution in [0.4, 0.5) is 0 Å². The van der Waals surface area contributed by atoms with E-state index in [-0.39, 0.29) is 0 Å². The lowest BCUT2D eigenvalue weighted by atomic mass is 10.1. The number of thiophene rings is 1. The molecule has 0 aliphatic heterocycles. The van der Waals surface area contributed by atoms with Crippen LogP contribution in [0.3, 0.4) is 0 Å². The fraction of sp³-hybridized carbons (Fsp3) is 0.733. The number of hydrogen-bond donors (Lipinski definition) is 1. The summed E-state index contributed by atoms with van der Waals surface area (Å²) < 4.78 is 0. The van der Waals surface area contributed by atoms with E-state index in [2.05, 4.69) is 31.3 Å². The van der Waals surface area contributed by atoms with Crippen molar-refractivity contribution in [1.29, 1.82) is 0 Å². The van der Waals surface area contributed by atoms with Gasteiger partial charge in [0.05, 0.1) is 0 Å². The van der Waals surface area contributed by atoms with E-state index in [0.29, 0.717) is 0 Å². The molecule has 2 heteroatoms. The molecular weight excluding hydrogens is 226 g/mol. The quantitative estimate of drug-likeness (QED) is 0.593. The standard InChI is InChI=1S/C15H27NS/c1-3-5-6-7-8-9-12-16-13-15-11-10-14(4-2)17-15/h10-11,16H,3-9,12-13H2,1-2H3. The van der Waals surface area contributed by atoms with Crippen LogP contribution < -0.4 is 5.32 Å². The molecule has 0 aromatic carbocycles. The Kier molecular flexibility index (Phi) is 8.37. The fourth-order valence-electron chi connectivity index (χ4n) is 1.95. The average Bonchev–Trinajstić information content (AvgIpc) is 2.80. The molecular formula is C15H27NS. The van der Waals surface area contributed by atoms with Crippen LogP contribution in [-0.2, 0) is 13.0 Å². The maximum atomic E-state index is 3.54. The third kappa shape index (κ3) is 6.85. The van der Waals surface area contributed by atoms with E-state index in [9.17, 15) is 0 Å². The minimum Gasteiger partial charge on any atom is -0.312 e. The van der Waals surface area contributed by atoms with Gasteiger partial charge < -0.3 is 5.32 Å². The van der Waals surface area contributed by atoms with Crippen molar-refractivity contribution in [1.82, 2.24) is 5.32 Å². The molecule has 1 nitrogen and oxygen atoms in total. The molecule has 0 unspecified atom stereocenters. The van der Waals surface area contributed by atoms with Crippen LogP contribution in [0.1, 0.15) is 62.1 Å². The molecule has 0 atom stereocenters. The first-order valence-corrected chi connectivity index (χ1v) is 7.96. The maximum absolute atomic E-state index is 3.54. The Balaban J connectivity index is 1.93. The molecule has 0 aliphatic carbocycles. The zero-order valence-corrected chi connectivity index (χ0v) is 12.2. The van der Waals surface area contributed by atoms with Gasteiger partial charge in [-0.2, -0.15) is 0 Å². The van der Waals surface area contributed by atoms with Crippen molar-refractivity contribution in [3.63, 3.8) is 0 Å². The number of nitrogens with one attached hydrogen (secondary N) is 1. The van der Waals surface area contributed by atoms with E-state index in [4.69, 9.17) is 0 Å². The summed E-state index contributed by atoms with van der Waals surface area (Å²) >= 11 is 1.95. The van der Waals surface area contributed by atoms with E-state index in [1.807, 2.05) is 11.3 Å². The normalized spacial score (nSPS) is 10.9. The van der Waals surface area contributed by atoms with Crippen LogP contribution in [0, 0.1) is 0 Å². The summed E-state index contributed by atoms with van der Waals surface area (Å²) in [6.45, 7) is 6.72. The maximum Gasteiger partial charge on any atom is 0.0299 e. The molecule has 0 saturated carbocycles. The molecule has 1 N–H and O–H groups in total. The van der Waals surface area contributed by atoms with Crippen LogP contribution in [0.2, 0.25) is 0 Å². The average molecular weight is 253 g/mol. The predicted molar refractivity (Wildman–Crippen MR) is 78.8 cm³/mol. The zero-order valence-electron chi connectivity index (χ0n) is 11.4. The molecule has 0 spiro atoms. The summed E-state index contributed by atoms with van der Waals surface area (Å²) in [7, 11) is 0. The second-order valence-electron chi connectivity index (χ2n) is 4.67. The lowest BCUT2D eigenvalue weighted by Gasteiger charge is -2.03. The summed E-state index contributed by atoms with van der Waals surface area (Å²) in [6, 6.07) is 4.52. The Hall–Kier alpha value is -0.340.